The number of hydrogen-bond donors (Lipinski definition) is 0. The summed E-state index contributed by atoms with van der Waals surface area (Å²) in [6, 6.07) is 7.77. The van der Waals surface area contributed by atoms with Crippen molar-refractivity contribution in [3.05, 3.63) is 42.2 Å². The molecule has 0 aliphatic carbocycles. The number of aromatic nitrogens is 2. The number of rotatable bonds is 4. The number of thioether (sulfide) groups is 1. The van der Waals surface area contributed by atoms with E-state index in [1.807, 2.05) is 17.0 Å². The molecule has 6 heteroatoms. The van der Waals surface area contributed by atoms with E-state index in [-0.39, 0.29) is 11.4 Å². The molecule has 1 atom stereocenters. The molecule has 132 valence electrons. The van der Waals surface area contributed by atoms with Crippen molar-refractivity contribution in [3.63, 3.8) is 0 Å². The second-order valence-corrected chi connectivity index (χ2v) is 7.83. The van der Waals surface area contributed by atoms with Crippen LogP contribution in [0.15, 0.2) is 41.8 Å². The molecule has 1 aromatic heterocycles. The highest BCUT2D eigenvalue weighted by molar-refractivity contribution is 7.99. The van der Waals surface area contributed by atoms with E-state index in [2.05, 4.69) is 36.8 Å². The Labute approximate surface area is 152 Å². The molecule has 2 heterocycles. The third-order valence-electron chi connectivity index (χ3n) is 4.54. The molecule has 25 heavy (non-hydrogen) atoms. The van der Waals surface area contributed by atoms with E-state index in [9.17, 15) is 4.79 Å². The smallest absolute Gasteiger partial charge is 0.237 e. The van der Waals surface area contributed by atoms with Crippen LogP contribution < -0.4 is 9.64 Å². The van der Waals surface area contributed by atoms with Crippen LogP contribution in [0.1, 0.15) is 38.7 Å². The molecule has 1 aromatic carbocycles. The minimum atomic E-state index is -0.256. The maximum Gasteiger partial charge on any atom is 0.237 e. The second kappa shape index (κ2) is 7.04. The molecular formula is C19H23N3O2S. The van der Waals surface area contributed by atoms with Crippen molar-refractivity contribution in [1.29, 1.82) is 0 Å². The number of nitrogens with zero attached hydrogens (tertiary/aromatic N) is 3. The second-order valence-electron chi connectivity index (χ2n) is 6.89. The van der Waals surface area contributed by atoms with Crippen molar-refractivity contribution in [2.45, 2.75) is 43.8 Å². The first-order chi connectivity index (χ1) is 11.9. The van der Waals surface area contributed by atoms with Crippen LogP contribution in [0.4, 0.5) is 5.69 Å². The number of amides is 1. The van der Waals surface area contributed by atoms with E-state index in [1.54, 1.807) is 25.6 Å². The maximum absolute atomic E-state index is 13.1. The van der Waals surface area contributed by atoms with Crippen LogP contribution in [0.25, 0.3) is 0 Å². The molecular weight excluding hydrogens is 334 g/mol. The third kappa shape index (κ3) is 3.63. The summed E-state index contributed by atoms with van der Waals surface area (Å²) in [6.45, 7) is 6.45. The molecule has 1 aliphatic heterocycles. The Kier molecular flexibility index (Phi) is 4.99. The predicted molar refractivity (Wildman–Crippen MR) is 100 cm³/mol. The van der Waals surface area contributed by atoms with Crippen LogP contribution in [0.3, 0.4) is 0 Å². The number of anilines is 1. The SMILES string of the molecule is COc1ccc2c(c1)N(C(=O)CSc1ncccn1)C(C)(C)C[C@H]2C. The van der Waals surface area contributed by atoms with Gasteiger partial charge in [-0.25, -0.2) is 9.97 Å². The van der Waals surface area contributed by atoms with Gasteiger partial charge in [0.05, 0.1) is 18.6 Å². The maximum atomic E-state index is 13.1. The summed E-state index contributed by atoms with van der Waals surface area (Å²) in [6.07, 6.45) is 4.30. The molecule has 0 radical (unpaired) electrons. The lowest BCUT2D eigenvalue weighted by Gasteiger charge is -2.46. The first-order valence-corrected chi connectivity index (χ1v) is 9.32. The van der Waals surface area contributed by atoms with Gasteiger partial charge in [0.1, 0.15) is 5.75 Å². The van der Waals surface area contributed by atoms with Crippen molar-refractivity contribution in [3.8, 4) is 5.75 Å². The molecule has 0 unspecified atom stereocenters. The van der Waals surface area contributed by atoms with Gasteiger partial charge >= 0.3 is 0 Å². The van der Waals surface area contributed by atoms with Gasteiger partial charge in [-0.05, 0) is 43.9 Å². The number of hydrogen-bond acceptors (Lipinski definition) is 5. The summed E-state index contributed by atoms with van der Waals surface area (Å²) in [4.78, 5) is 23.3. The van der Waals surface area contributed by atoms with Crippen molar-refractivity contribution >= 4 is 23.4 Å². The van der Waals surface area contributed by atoms with Crippen LogP contribution in [0.2, 0.25) is 0 Å². The van der Waals surface area contributed by atoms with Gasteiger partial charge in [0, 0.05) is 24.0 Å². The average molecular weight is 357 g/mol. The van der Waals surface area contributed by atoms with Crippen LogP contribution in [-0.2, 0) is 4.79 Å². The molecule has 1 amide bonds. The molecule has 3 rings (SSSR count). The number of ether oxygens (including phenoxy) is 1. The summed E-state index contributed by atoms with van der Waals surface area (Å²) in [7, 11) is 1.65. The van der Waals surface area contributed by atoms with Crippen LogP contribution in [0, 0.1) is 0 Å². The summed E-state index contributed by atoms with van der Waals surface area (Å²) < 4.78 is 5.38. The summed E-state index contributed by atoms with van der Waals surface area (Å²) in [5.74, 6) is 1.52. The van der Waals surface area contributed by atoms with Crippen molar-refractivity contribution in [1.82, 2.24) is 9.97 Å². The Balaban J connectivity index is 1.90. The highest BCUT2D eigenvalue weighted by Crippen LogP contribution is 2.45. The van der Waals surface area contributed by atoms with Gasteiger partial charge in [-0.1, -0.05) is 24.8 Å². The molecule has 0 fully saturated rings. The van der Waals surface area contributed by atoms with Crippen LogP contribution in [0.5, 0.6) is 5.75 Å². The van der Waals surface area contributed by atoms with Gasteiger partial charge in [0.15, 0.2) is 5.16 Å². The van der Waals surface area contributed by atoms with Gasteiger partial charge in [-0.15, -0.1) is 0 Å². The standard InChI is InChI=1S/C19H23N3O2S/c1-13-11-19(2,3)22(16-10-14(24-4)6-7-15(13)16)17(23)12-25-18-20-8-5-9-21-18/h5-10,13H,11-12H2,1-4H3/t13-/m1/s1. The van der Waals surface area contributed by atoms with Crippen LogP contribution in [-0.4, -0.2) is 34.3 Å². The first-order valence-electron chi connectivity index (χ1n) is 8.33. The summed E-state index contributed by atoms with van der Waals surface area (Å²) in [5.41, 5.74) is 1.88. The molecule has 0 bridgehead atoms. The molecule has 1 aliphatic rings. The lowest BCUT2D eigenvalue weighted by Crippen LogP contribution is -2.52. The van der Waals surface area contributed by atoms with E-state index < -0.39 is 0 Å². The zero-order valence-corrected chi connectivity index (χ0v) is 15.8. The monoisotopic (exact) mass is 357 g/mol. The molecule has 0 N–H and O–H groups in total. The number of benzene rings is 1. The normalized spacial score (nSPS) is 18.6. The topological polar surface area (TPSA) is 55.3 Å². The van der Waals surface area contributed by atoms with Crippen molar-refractivity contribution in [2.24, 2.45) is 0 Å². The zero-order valence-electron chi connectivity index (χ0n) is 15.0. The fraction of sp³-hybridized carbons (Fsp3) is 0.421. The van der Waals surface area contributed by atoms with Gasteiger partial charge in [-0.2, -0.15) is 0 Å². The third-order valence-corrected chi connectivity index (χ3v) is 5.40. The van der Waals surface area contributed by atoms with Gasteiger partial charge in [-0.3, -0.25) is 4.79 Å². The Morgan fingerprint density at radius 1 is 1.36 bits per heavy atom. The Morgan fingerprint density at radius 3 is 2.76 bits per heavy atom. The Morgan fingerprint density at radius 2 is 2.08 bits per heavy atom. The van der Waals surface area contributed by atoms with Crippen LogP contribution >= 0.6 is 11.8 Å². The zero-order chi connectivity index (χ0) is 18.0. The highest BCUT2D eigenvalue weighted by Gasteiger charge is 2.40. The summed E-state index contributed by atoms with van der Waals surface area (Å²) in [5, 5.41) is 0.616. The molecule has 2 aromatic rings. The largest absolute Gasteiger partial charge is 0.497 e. The van der Waals surface area contributed by atoms with Gasteiger partial charge < -0.3 is 9.64 Å². The Bertz CT molecular complexity index is 765. The average Bonchev–Trinajstić information content (AvgIpc) is 2.59. The van der Waals surface area contributed by atoms with E-state index >= 15 is 0 Å². The molecule has 0 spiro atoms. The van der Waals surface area contributed by atoms with E-state index in [0.717, 1.165) is 17.9 Å². The van der Waals surface area contributed by atoms with Crippen molar-refractivity contribution < 1.29 is 9.53 Å². The van der Waals surface area contributed by atoms with Gasteiger partial charge in [0.25, 0.3) is 0 Å². The number of carbonyl (C=O) groups is 1. The molecule has 0 saturated heterocycles. The number of carbonyl (C=O) groups excluding carboxylic acids is 1. The minimum Gasteiger partial charge on any atom is -0.497 e. The lowest BCUT2D eigenvalue weighted by molar-refractivity contribution is -0.117. The number of methoxy groups -OCH3 is 1. The van der Waals surface area contributed by atoms with E-state index in [0.29, 0.717) is 16.8 Å². The quantitative estimate of drug-likeness (QED) is 0.614. The van der Waals surface area contributed by atoms with E-state index in [4.69, 9.17) is 4.74 Å². The fourth-order valence-electron chi connectivity index (χ4n) is 3.56. The Hall–Kier alpha value is -2.08. The highest BCUT2D eigenvalue weighted by atomic mass is 32.2. The minimum absolute atomic E-state index is 0.0591. The summed E-state index contributed by atoms with van der Waals surface area (Å²) >= 11 is 1.36. The van der Waals surface area contributed by atoms with Gasteiger partial charge in [0.2, 0.25) is 5.91 Å². The molecule has 0 saturated carbocycles. The predicted octanol–water partition coefficient (Wildman–Crippen LogP) is 3.90. The van der Waals surface area contributed by atoms with E-state index in [1.165, 1.54) is 17.3 Å². The fourth-order valence-corrected chi connectivity index (χ4v) is 4.21. The first kappa shape index (κ1) is 17.7. The lowest BCUT2D eigenvalue weighted by atomic mass is 9.80. The van der Waals surface area contributed by atoms with Crippen molar-refractivity contribution in [2.75, 3.05) is 17.8 Å². The molecule has 5 nitrogen and oxygen atoms in total. The number of fused-ring (bicyclic) bond motifs is 1.